The molecular weight excluding hydrogens is 578 g/mol. The number of nitrogens with one attached hydrogen (secondary N) is 1. The Labute approximate surface area is 259 Å². The first-order chi connectivity index (χ1) is 21.6. The first-order valence-electron chi connectivity index (χ1n) is 13.6. The summed E-state index contributed by atoms with van der Waals surface area (Å²) in [6.07, 6.45) is 1.55. The molecule has 11 heteroatoms. The molecule has 44 heavy (non-hydrogen) atoms. The van der Waals surface area contributed by atoms with E-state index >= 15 is 0 Å². The van der Waals surface area contributed by atoms with E-state index in [1.807, 2.05) is 95.6 Å². The van der Waals surface area contributed by atoms with E-state index in [2.05, 4.69) is 20.7 Å². The van der Waals surface area contributed by atoms with Crippen molar-refractivity contribution in [3.63, 3.8) is 0 Å². The van der Waals surface area contributed by atoms with Crippen LogP contribution < -0.4 is 24.4 Å². The van der Waals surface area contributed by atoms with E-state index in [1.165, 1.54) is 11.8 Å². The molecule has 5 aromatic rings. The van der Waals surface area contributed by atoms with Gasteiger partial charge in [0.1, 0.15) is 18.1 Å². The van der Waals surface area contributed by atoms with Crippen LogP contribution in [0.4, 0.5) is 0 Å². The molecule has 0 saturated carbocycles. The van der Waals surface area contributed by atoms with Crippen molar-refractivity contribution in [1.82, 2.24) is 20.2 Å². The first-order valence-corrected chi connectivity index (χ1v) is 14.6. The Balaban J connectivity index is 1.26. The number of aromatic nitrogens is 3. The molecule has 10 nitrogen and oxygen atoms in total. The van der Waals surface area contributed by atoms with Crippen LogP contribution in [0.15, 0.2) is 107 Å². The Morgan fingerprint density at radius 3 is 2.23 bits per heavy atom. The fraction of sp³-hybridized carbons (Fsp3) is 0.152. The summed E-state index contributed by atoms with van der Waals surface area (Å²) < 4.78 is 23.9. The van der Waals surface area contributed by atoms with Crippen LogP contribution in [0, 0.1) is 0 Å². The maximum atomic E-state index is 12.7. The summed E-state index contributed by atoms with van der Waals surface area (Å²) in [6, 6.07) is 30.4. The number of thioether (sulfide) groups is 1. The van der Waals surface area contributed by atoms with Crippen LogP contribution in [0.2, 0.25) is 0 Å². The fourth-order valence-electron chi connectivity index (χ4n) is 4.22. The molecule has 0 fully saturated rings. The Hall–Kier alpha value is -5.29. The minimum absolute atomic E-state index is 0.0717. The van der Waals surface area contributed by atoms with E-state index in [0.29, 0.717) is 29.1 Å². The van der Waals surface area contributed by atoms with Gasteiger partial charge in [0.05, 0.1) is 33.3 Å². The molecule has 0 spiro atoms. The van der Waals surface area contributed by atoms with E-state index in [4.69, 9.17) is 18.9 Å². The molecule has 1 heterocycles. The number of hydrogen-bond acceptors (Lipinski definition) is 9. The molecule has 0 bridgehead atoms. The van der Waals surface area contributed by atoms with Crippen molar-refractivity contribution in [2.24, 2.45) is 5.10 Å². The van der Waals surface area contributed by atoms with Crippen LogP contribution in [0.3, 0.4) is 0 Å². The summed E-state index contributed by atoms with van der Waals surface area (Å²) in [5.74, 6) is 3.05. The highest BCUT2D eigenvalue weighted by Crippen LogP contribution is 2.30. The van der Waals surface area contributed by atoms with Crippen LogP contribution in [0.25, 0.3) is 17.1 Å². The van der Waals surface area contributed by atoms with E-state index in [1.54, 1.807) is 33.6 Å². The van der Waals surface area contributed by atoms with Crippen LogP contribution in [-0.2, 0) is 11.4 Å². The van der Waals surface area contributed by atoms with Gasteiger partial charge in [0.25, 0.3) is 5.91 Å². The van der Waals surface area contributed by atoms with Crippen LogP contribution in [-0.4, -0.2) is 54.0 Å². The van der Waals surface area contributed by atoms with Gasteiger partial charge in [-0.3, -0.25) is 9.36 Å². The molecular formula is C33H31N5O5S. The minimum Gasteiger partial charge on any atom is -0.497 e. The number of carbonyl (C=O) groups is 1. The lowest BCUT2D eigenvalue weighted by atomic mass is 10.2. The first kappa shape index (κ1) is 30.2. The van der Waals surface area contributed by atoms with Gasteiger partial charge in [-0.15, -0.1) is 10.2 Å². The number of benzene rings is 4. The van der Waals surface area contributed by atoms with Gasteiger partial charge in [0.15, 0.2) is 22.5 Å². The van der Waals surface area contributed by atoms with Crippen molar-refractivity contribution in [1.29, 1.82) is 0 Å². The number of ether oxygens (including phenoxy) is 4. The van der Waals surface area contributed by atoms with Gasteiger partial charge in [-0.25, -0.2) is 5.43 Å². The highest BCUT2D eigenvalue weighted by atomic mass is 32.2. The molecule has 1 amide bonds. The molecule has 0 aliphatic carbocycles. The van der Waals surface area contributed by atoms with Crippen LogP contribution in [0.5, 0.6) is 23.0 Å². The maximum Gasteiger partial charge on any atom is 0.250 e. The summed E-state index contributed by atoms with van der Waals surface area (Å²) in [5.41, 5.74) is 6.04. The SMILES string of the molecule is COc1ccc(-c2nnc(SCC(=O)NN=Cc3ccc(OC)c(OCc4ccccc4)c3)n2-c2ccc(OC)cc2)cc1. The molecule has 4 aromatic carbocycles. The summed E-state index contributed by atoms with van der Waals surface area (Å²) in [6.45, 7) is 0.396. The highest BCUT2D eigenvalue weighted by Gasteiger charge is 2.18. The zero-order valence-corrected chi connectivity index (χ0v) is 25.3. The number of hydrogen-bond donors (Lipinski definition) is 1. The van der Waals surface area contributed by atoms with Gasteiger partial charge in [-0.05, 0) is 77.9 Å². The summed E-state index contributed by atoms with van der Waals surface area (Å²) >= 11 is 1.25. The summed E-state index contributed by atoms with van der Waals surface area (Å²) in [7, 11) is 4.83. The van der Waals surface area contributed by atoms with Crippen molar-refractivity contribution in [2.75, 3.05) is 27.1 Å². The van der Waals surface area contributed by atoms with E-state index in [-0.39, 0.29) is 11.7 Å². The topological polar surface area (TPSA) is 109 Å². The van der Waals surface area contributed by atoms with E-state index in [0.717, 1.165) is 33.9 Å². The van der Waals surface area contributed by atoms with Gasteiger partial charge >= 0.3 is 0 Å². The quantitative estimate of drug-likeness (QED) is 0.102. The standard InChI is InChI=1S/C33H31N5O5S/c1-40-27-14-10-25(11-15-27)32-36-37-33(38(32)26-12-16-28(41-2)17-13-26)44-22-31(39)35-34-20-24-9-18-29(42-3)30(19-24)43-21-23-7-5-4-6-8-23/h4-20H,21-22H2,1-3H3,(H,35,39). The molecule has 1 N–H and O–H groups in total. The lowest BCUT2D eigenvalue weighted by molar-refractivity contribution is -0.118. The second-order valence-electron chi connectivity index (χ2n) is 9.33. The van der Waals surface area contributed by atoms with Crippen molar-refractivity contribution in [3.05, 3.63) is 108 Å². The number of amides is 1. The lowest BCUT2D eigenvalue weighted by Crippen LogP contribution is -2.20. The zero-order chi connectivity index (χ0) is 30.7. The number of rotatable bonds is 13. The van der Waals surface area contributed by atoms with Crippen LogP contribution >= 0.6 is 11.8 Å². The van der Waals surface area contributed by atoms with Crippen molar-refractivity contribution in [3.8, 4) is 40.1 Å². The molecule has 5 rings (SSSR count). The Bertz CT molecular complexity index is 1710. The van der Waals surface area contributed by atoms with Crippen molar-refractivity contribution < 1.29 is 23.7 Å². The fourth-order valence-corrected chi connectivity index (χ4v) is 4.96. The van der Waals surface area contributed by atoms with Gasteiger partial charge in [0, 0.05) is 11.3 Å². The van der Waals surface area contributed by atoms with E-state index < -0.39 is 0 Å². The number of nitrogens with zero attached hydrogens (tertiary/aromatic N) is 4. The van der Waals surface area contributed by atoms with Crippen molar-refractivity contribution in [2.45, 2.75) is 11.8 Å². The number of hydrazone groups is 1. The predicted molar refractivity (Wildman–Crippen MR) is 170 cm³/mol. The Morgan fingerprint density at radius 1 is 0.841 bits per heavy atom. The van der Waals surface area contributed by atoms with E-state index in [9.17, 15) is 4.79 Å². The molecule has 1 aromatic heterocycles. The average molecular weight is 610 g/mol. The van der Waals surface area contributed by atoms with Crippen LogP contribution in [0.1, 0.15) is 11.1 Å². The van der Waals surface area contributed by atoms with Gasteiger partial charge in [0.2, 0.25) is 0 Å². The second kappa shape index (κ2) is 14.7. The third kappa shape index (κ3) is 7.56. The smallest absolute Gasteiger partial charge is 0.250 e. The van der Waals surface area contributed by atoms with Gasteiger partial charge in [-0.2, -0.15) is 5.10 Å². The second-order valence-corrected chi connectivity index (χ2v) is 10.3. The molecule has 0 unspecified atom stereocenters. The third-order valence-electron chi connectivity index (χ3n) is 6.47. The van der Waals surface area contributed by atoms with Gasteiger partial charge < -0.3 is 18.9 Å². The average Bonchev–Trinajstić information content (AvgIpc) is 3.51. The molecule has 0 aliphatic rings. The predicted octanol–water partition coefficient (Wildman–Crippen LogP) is 5.78. The number of carbonyl (C=O) groups excluding carboxylic acids is 1. The Morgan fingerprint density at radius 2 is 1.55 bits per heavy atom. The molecule has 0 radical (unpaired) electrons. The normalized spacial score (nSPS) is 10.9. The summed E-state index contributed by atoms with van der Waals surface area (Å²) in [5, 5.41) is 13.5. The maximum absolute atomic E-state index is 12.7. The molecule has 224 valence electrons. The molecule has 0 saturated heterocycles. The largest absolute Gasteiger partial charge is 0.497 e. The Kier molecular flexibility index (Phi) is 10.1. The minimum atomic E-state index is -0.296. The monoisotopic (exact) mass is 609 g/mol. The molecule has 0 aliphatic heterocycles. The highest BCUT2D eigenvalue weighted by molar-refractivity contribution is 7.99. The molecule has 0 atom stereocenters. The number of methoxy groups -OCH3 is 3. The third-order valence-corrected chi connectivity index (χ3v) is 7.40. The lowest BCUT2D eigenvalue weighted by Gasteiger charge is -2.11. The van der Waals surface area contributed by atoms with Gasteiger partial charge in [-0.1, -0.05) is 42.1 Å². The summed E-state index contributed by atoms with van der Waals surface area (Å²) in [4.78, 5) is 12.7. The van der Waals surface area contributed by atoms with Crippen molar-refractivity contribution >= 4 is 23.9 Å². The zero-order valence-electron chi connectivity index (χ0n) is 24.5.